The van der Waals surface area contributed by atoms with Gasteiger partial charge in [-0.25, -0.2) is 0 Å². The predicted octanol–water partition coefficient (Wildman–Crippen LogP) is 4.54. The number of hydrogen-bond donors (Lipinski definition) is 1. The Morgan fingerprint density at radius 1 is 1.25 bits per heavy atom. The first-order valence-electron chi connectivity index (χ1n) is 7.91. The summed E-state index contributed by atoms with van der Waals surface area (Å²) in [6, 6.07) is 7.66. The Balaban J connectivity index is 1.58. The molecule has 0 atom stereocenters. The second-order valence-electron chi connectivity index (χ2n) is 6.16. The Kier molecular flexibility index (Phi) is 3.69. The summed E-state index contributed by atoms with van der Waals surface area (Å²) in [5.74, 6) is 1.46. The van der Waals surface area contributed by atoms with E-state index in [9.17, 15) is 4.79 Å². The fraction of sp³-hybridized carbons (Fsp3) is 0.278. The minimum Gasteiger partial charge on any atom is -0.420 e. The van der Waals surface area contributed by atoms with Crippen LogP contribution in [-0.2, 0) is 0 Å². The van der Waals surface area contributed by atoms with Crippen molar-refractivity contribution in [3.63, 3.8) is 0 Å². The Morgan fingerprint density at radius 3 is 2.83 bits per heavy atom. The maximum Gasteiger partial charge on any atom is 0.259 e. The van der Waals surface area contributed by atoms with E-state index in [4.69, 9.17) is 4.42 Å². The van der Waals surface area contributed by atoms with Crippen molar-refractivity contribution >= 4 is 22.9 Å². The van der Waals surface area contributed by atoms with E-state index in [1.807, 2.05) is 43.5 Å². The van der Waals surface area contributed by atoms with Crippen LogP contribution in [0.2, 0.25) is 0 Å². The van der Waals surface area contributed by atoms with Crippen molar-refractivity contribution in [2.75, 3.05) is 5.32 Å². The zero-order valence-corrected chi connectivity index (χ0v) is 14.3. The normalized spacial score (nSPS) is 13.9. The zero-order chi connectivity index (χ0) is 16.7. The molecule has 0 radical (unpaired) electrons. The van der Waals surface area contributed by atoms with E-state index in [2.05, 4.69) is 15.5 Å². The van der Waals surface area contributed by atoms with Gasteiger partial charge in [0.25, 0.3) is 11.8 Å². The van der Waals surface area contributed by atoms with Gasteiger partial charge in [0.15, 0.2) is 0 Å². The van der Waals surface area contributed by atoms with Crippen molar-refractivity contribution < 1.29 is 9.21 Å². The van der Waals surface area contributed by atoms with E-state index in [1.54, 1.807) is 0 Å². The molecule has 1 aliphatic carbocycles. The average Bonchev–Trinajstić information content (AvgIpc) is 3.10. The second-order valence-corrected chi connectivity index (χ2v) is 7.07. The molecule has 0 aliphatic heterocycles. The fourth-order valence-corrected chi connectivity index (χ4v) is 3.42. The molecular formula is C18H17N3O2S. The number of aryl methyl sites for hydroxylation is 2. The van der Waals surface area contributed by atoms with Crippen LogP contribution < -0.4 is 5.32 Å². The van der Waals surface area contributed by atoms with Gasteiger partial charge >= 0.3 is 0 Å². The van der Waals surface area contributed by atoms with Gasteiger partial charge in [-0.15, -0.1) is 21.5 Å². The van der Waals surface area contributed by atoms with E-state index in [-0.39, 0.29) is 5.91 Å². The molecule has 122 valence electrons. The van der Waals surface area contributed by atoms with Crippen LogP contribution in [0, 0.1) is 13.8 Å². The maximum absolute atomic E-state index is 12.6. The highest BCUT2D eigenvalue weighted by molar-refractivity contribution is 7.14. The molecule has 1 fully saturated rings. The van der Waals surface area contributed by atoms with Crippen molar-refractivity contribution in [1.82, 2.24) is 10.2 Å². The molecular weight excluding hydrogens is 322 g/mol. The van der Waals surface area contributed by atoms with E-state index in [0.29, 0.717) is 29.0 Å². The van der Waals surface area contributed by atoms with Crippen LogP contribution in [0.1, 0.15) is 46.1 Å². The van der Waals surface area contributed by atoms with Crippen LogP contribution in [0.4, 0.5) is 5.69 Å². The van der Waals surface area contributed by atoms with Crippen LogP contribution in [0.15, 0.2) is 34.1 Å². The standard InChI is InChI=1S/C18H17N3O2S/c1-10-3-6-13(11(2)9-10)16(22)19-14-7-8-24-15(14)18-21-20-17(23-18)12-4-5-12/h3,6-9,12H,4-5H2,1-2H3,(H,19,22). The molecule has 1 aliphatic rings. The number of nitrogens with zero attached hydrogens (tertiary/aromatic N) is 2. The zero-order valence-electron chi connectivity index (χ0n) is 13.5. The molecule has 0 bridgehead atoms. The fourth-order valence-electron chi connectivity index (χ4n) is 2.65. The summed E-state index contributed by atoms with van der Waals surface area (Å²) in [6.45, 7) is 3.95. The number of carbonyl (C=O) groups is 1. The number of anilines is 1. The van der Waals surface area contributed by atoms with E-state index < -0.39 is 0 Å². The van der Waals surface area contributed by atoms with Gasteiger partial charge in [0.1, 0.15) is 4.88 Å². The van der Waals surface area contributed by atoms with Gasteiger partial charge in [0, 0.05) is 11.5 Å². The van der Waals surface area contributed by atoms with Gasteiger partial charge in [0.05, 0.1) is 5.69 Å². The van der Waals surface area contributed by atoms with Gasteiger partial charge in [-0.05, 0) is 49.8 Å². The largest absolute Gasteiger partial charge is 0.420 e. The summed E-state index contributed by atoms with van der Waals surface area (Å²) in [5.41, 5.74) is 3.47. The number of rotatable bonds is 4. The molecule has 0 unspecified atom stereocenters. The van der Waals surface area contributed by atoms with Gasteiger partial charge in [-0.3, -0.25) is 4.79 Å². The lowest BCUT2D eigenvalue weighted by atomic mass is 10.1. The first kappa shape index (κ1) is 15.1. The van der Waals surface area contributed by atoms with Gasteiger partial charge in [0.2, 0.25) is 5.89 Å². The Morgan fingerprint density at radius 2 is 2.08 bits per heavy atom. The number of carbonyl (C=O) groups excluding carboxylic acids is 1. The highest BCUT2D eigenvalue weighted by Gasteiger charge is 2.30. The third-order valence-corrected chi connectivity index (χ3v) is 5.00. The Hall–Kier alpha value is -2.47. The number of amides is 1. The molecule has 3 aromatic rings. The van der Waals surface area contributed by atoms with Crippen molar-refractivity contribution in [3.05, 3.63) is 52.2 Å². The summed E-state index contributed by atoms with van der Waals surface area (Å²) in [4.78, 5) is 13.4. The van der Waals surface area contributed by atoms with Crippen LogP contribution in [0.3, 0.4) is 0 Å². The van der Waals surface area contributed by atoms with Gasteiger partial charge in [-0.2, -0.15) is 0 Å². The van der Waals surface area contributed by atoms with Gasteiger partial charge < -0.3 is 9.73 Å². The van der Waals surface area contributed by atoms with Crippen LogP contribution in [-0.4, -0.2) is 16.1 Å². The second kappa shape index (κ2) is 5.87. The van der Waals surface area contributed by atoms with E-state index >= 15 is 0 Å². The molecule has 1 N–H and O–H groups in total. The molecule has 1 amide bonds. The summed E-state index contributed by atoms with van der Waals surface area (Å²) in [5, 5.41) is 13.1. The summed E-state index contributed by atoms with van der Waals surface area (Å²) in [7, 11) is 0. The summed E-state index contributed by atoms with van der Waals surface area (Å²) < 4.78 is 5.76. The molecule has 1 saturated carbocycles. The third kappa shape index (κ3) is 2.85. The highest BCUT2D eigenvalue weighted by atomic mass is 32.1. The number of aromatic nitrogens is 2. The third-order valence-electron chi connectivity index (χ3n) is 4.10. The monoisotopic (exact) mass is 339 g/mol. The molecule has 6 heteroatoms. The average molecular weight is 339 g/mol. The van der Waals surface area contributed by atoms with Crippen molar-refractivity contribution in [2.24, 2.45) is 0 Å². The summed E-state index contributed by atoms with van der Waals surface area (Å²) in [6.07, 6.45) is 2.23. The van der Waals surface area contributed by atoms with Crippen molar-refractivity contribution in [3.8, 4) is 10.8 Å². The molecule has 4 rings (SSSR count). The number of hydrogen-bond acceptors (Lipinski definition) is 5. The first-order chi connectivity index (χ1) is 11.6. The lowest BCUT2D eigenvalue weighted by Gasteiger charge is -2.08. The molecule has 5 nitrogen and oxygen atoms in total. The molecule has 0 saturated heterocycles. The summed E-state index contributed by atoms with van der Waals surface area (Å²) >= 11 is 1.48. The number of thiophene rings is 1. The van der Waals surface area contributed by atoms with Crippen molar-refractivity contribution in [2.45, 2.75) is 32.6 Å². The quantitative estimate of drug-likeness (QED) is 0.757. The molecule has 2 aromatic heterocycles. The SMILES string of the molecule is Cc1ccc(C(=O)Nc2ccsc2-c2nnc(C3CC3)o2)c(C)c1. The lowest BCUT2D eigenvalue weighted by molar-refractivity contribution is 0.102. The van der Waals surface area contributed by atoms with Crippen LogP contribution in [0.5, 0.6) is 0 Å². The highest BCUT2D eigenvalue weighted by Crippen LogP contribution is 2.41. The minimum absolute atomic E-state index is 0.130. The van der Waals surface area contributed by atoms with Crippen LogP contribution in [0.25, 0.3) is 10.8 Å². The molecule has 0 spiro atoms. The molecule has 1 aromatic carbocycles. The maximum atomic E-state index is 12.6. The number of benzene rings is 1. The Bertz CT molecular complexity index is 909. The predicted molar refractivity (Wildman–Crippen MR) is 93.5 cm³/mol. The van der Waals surface area contributed by atoms with E-state index in [0.717, 1.165) is 28.8 Å². The first-order valence-corrected chi connectivity index (χ1v) is 8.79. The number of nitrogens with one attached hydrogen (secondary N) is 1. The molecule has 2 heterocycles. The van der Waals surface area contributed by atoms with Crippen molar-refractivity contribution in [1.29, 1.82) is 0 Å². The van der Waals surface area contributed by atoms with Crippen LogP contribution >= 0.6 is 11.3 Å². The Labute approximate surface area is 143 Å². The smallest absolute Gasteiger partial charge is 0.259 e. The van der Waals surface area contributed by atoms with E-state index in [1.165, 1.54) is 11.3 Å². The molecule has 24 heavy (non-hydrogen) atoms. The minimum atomic E-state index is -0.130. The topological polar surface area (TPSA) is 68.0 Å². The lowest BCUT2D eigenvalue weighted by Crippen LogP contribution is -2.13. The van der Waals surface area contributed by atoms with Gasteiger partial charge in [-0.1, -0.05) is 17.7 Å².